The molecule has 128 valence electrons. The fraction of sp³-hybridized carbons (Fsp3) is 0.200. The van der Waals surface area contributed by atoms with E-state index in [1.54, 1.807) is 11.3 Å². The minimum absolute atomic E-state index is 0.639. The number of aryl methyl sites for hydroxylation is 2. The van der Waals surface area contributed by atoms with Gasteiger partial charge in [0.05, 0.1) is 10.7 Å². The summed E-state index contributed by atoms with van der Waals surface area (Å²) in [5, 5.41) is 10.4. The maximum Gasteiger partial charge on any atom is 0.171 e. The molecule has 0 aliphatic heterocycles. The first-order chi connectivity index (χ1) is 12.2. The standard InChI is InChI=1S/C20H21N3S2/c1-3-16-6-4-5-7-18(16)23-20(24)21-12-15-8-10-17(11-9-15)19-13-25-14(2)22-19/h4-11,13H,3,12H2,1-2H3,(H2,21,23,24). The molecule has 0 unspecified atom stereocenters. The van der Waals surface area contributed by atoms with Crippen LogP contribution in [-0.4, -0.2) is 10.1 Å². The van der Waals surface area contributed by atoms with Crippen molar-refractivity contribution in [2.45, 2.75) is 26.8 Å². The van der Waals surface area contributed by atoms with Gasteiger partial charge >= 0.3 is 0 Å². The van der Waals surface area contributed by atoms with Gasteiger partial charge in [0.15, 0.2) is 5.11 Å². The summed E-state index contributed by atoms with van der Waals surface area (Å²) in [6, 6.07) is 16.7. The number of nitrogens with one attached hydrogen (secondary N) is 2. The maximum atomic E-state index is 5.42. The largest absolute Gasteiger partial charge is 0.358 e. The number of aromatic nitrogens is 1. The number of hydrogen-bond donors (Lipinski definition) is 2. The van der Waals surface area contributed by atoms with Crippen molar-refractivity contribution in [1.29, 1.82) is 0 Å². The molecule has 2 N–H and O–H groups in total. The van der Waals surface area contributed by atoms with Crippen molar-refractivity contribution >= 4 is 34.4 Å². The van der Waals surface area contributed by atoms with Gasteiger partial charge in [-0.3, -0.25) is 0 Å². The topological polar surface area (TPSA) is 37.0 Å². The van der Waals surface area contributed by atoms with Crippen molar-refractivity contribution < 1.29 is 0 Å². The second kappa shape index (κ2) is 8.23. The van der Waals surface area contributed by atoms with E-state index in [1.165, 1.54) is 11.1 Å². The summed E-state index contributed by atoms with van der Waals surface area (Å²) in [6.07, 6.45) is 0.976. The van der Waals surface area contributed by atoms with Gasteiger partial charge in [0, 0.05) is 23.2 Å². The molecule has 3 nitrogen and oxygen atoms in total. The predicted molar refractivity (Wildman–Crippen MR) is 111 cm³/mol. The summed E-state index contributed by atoms with van der Waals surface area (Å²) in [7, 11) is 0. The summed E-state index contributed by atoms with van der Waals surface area (Å²) >= 11 is 7.09. The van der Waals surface area contributed by atoms with Crippen LogP contribution in [0.5, 0.6) is 0 Å². The molecule has 0 saturated heterocycles. The molecule has 0 amide bonds. The summed E-state index contributed by atoms with van der Waals surface area (Å²) in [4.78, 5) is 4.52. The molecule has 1 heterocycles. The highest BCUT2D eigenvalue weighted by molar-refractivity contribution is 7.80. The van der Waals surface area contributed by atoms with Crippen LogP contribution in [0.3, 0.4) is 0 Å². The van der Waals surface area contributed by atoms with E-state index in [-0.39, 0.29) is 0 Å². The fourth-order valence-electron chi connectivity index (χ4n) is 2.59. The third-order valence-corrected chi connectivity index (χ3v) is 4.99. The number of thiazole rings is 1. The molecule has 0 saturated carbocycles. The molecule has 0 bridgehead atoms. The Morgan fingerprint density at radius 3 is 2.56 bits per heavy atom. The molecule has 0 fully saturated rings. The van der Waals surface area contributed by atoms with E-state index in [2.05, 4.69) is 64.3 Å². The van der Waals surface area contributed by atoms with Gasteiger partial charge in [0.25, 0.3) is 0 Å². The molecule has 1 aromatic heterocycles. The van der Waals surface area contributed by atoms with Crippen molar-refractivity contribution in [3.05, 3.63) is 70.0 Å². The number of nitrogens with zero attached hydrogens (tertiary/aromatic N) is 1. The monoisotopic (exact) mass is 367 g/mol. The molecular formula is C20H21N3S2. The molecule has 0 spiro atoms. The van der Waals surface area contributed by atoms with Crippen molar-refractivity contribution in [2.24, 2.45) is 0 Å². The molecule has 0 aliphatic rings. The van der Waals surface area contributed by atoms with Gasteiger partial charge in [-0.05, 0) is 42.8 Å². The van der Waals surface area contributed by atoms with E-state index in [0.717, 1.165) is 28.4 Å². The Bertz CT molecular complexity index is 853. The zero-order valence-corrected chi connectivity index (χ0v) is 16.0. The maximum absolute atomic E-state index is 5.42. The number of thiocarbonyl (C=S) groups is 1. The SMILES string of the molecule is CCc1ccccc1NC(=S)NCc1ccc(-c2csc(C)n2)cc1. The average molecular weight is 368 g/mol. The molecule has 0 atom stereocenters. The third kappa shape index (κ3) is 4.65. The van der Waals surface area contributed by atoms with Crippen molar-refractivity contribution in [1.82, 2.24) is 10.3 Å². The molecule has 0 radical (unpaired) electrons. The predicted octanol–water partition coefficient (Wildman–Crippen LogP) is 5.17. The Morgan fingerprint density at radius 1 is 1.12 bits per heavy atom. The van der Waals surface area contributed by atoms with Crippen molar-refractivity contribution in [2.75, 3.05) is 5.32 Å². The third-order valence-electron chi connectivity index (χ3n) is 3.97. The first kappa shape index (κ1) is 17.6. The van der Waals surface area contributed by atoms with E-state index in [9.17, 15) is 0 Å². The van der Waals surface area contributed by atoms with Gasteiger partial charge in [-0.1, -0.05) is 49.4 Å². The quantitative estimate of drug-likeness (QED) is 0.610. The van der Waals surface area contributed by atoms with Crippen LogP contribution in [-0.2, 0) is 13.0 Å². The number of hydrogen-bond acceptors (Lipinski definition) is 3. The smallest absolute Gasteiger partial charge is 0.171 e. The van der Waals surface area contributed by atoms with Crippen LogP contribution >= 0.6 is 23.6 Å². The Kier molecular flexibility index (Phi) is 5.79. The zero-order valence-electron chi connectivity index (χ0n) is 14.4. The number of para-hydroxylation sites is 1. The fourth-order valence-corrected chi connectivity index (χ4v) is 3.39. The lowest BCUT2D eigenvalue weighted by atomic mass is 10.1. The zero-order chi connectivity index (χ0) is 17.6. The lowest BCUT2D eigenvalue weighted by Gasteiger charge is -2.13. The summed E-state index contributed by atoms with van der Waals surface area (Å²) in [5.41, 5.74) is 5.69. The lowest BCUT2D eigenvalue weighted by Crippen LogP contribution is -2.28. The molecule has 2 aromatic carbocycles. The second-order valence-corrected chi connectivity index (χ2v) is 7.24. The Balaban J connectivity index is 1.57. The van der Waals surface area contributed by atoms with Crippen LogP contribution in [0.15, 0.2) is 53.9 Å². The first-order valence-corrected chi connectivity index (χ1v) is 9.58. The van der Waals surface area contributed by atoms with E-state index in [4.69, 9.17) is 12.2 Å². The van der Waals surface area contributed by atoms with Gasteiger partial charge in [-0.2, -0.15) is 0 Å². The average Bonchev–Trinajstić information content (AvgIpc) is 3.07. The summed E-state index contributed by atoms with van der Waals surface area (Å²) < 4.78 is 0. The highest BCUT2D eigenvalue weighted by Gasteiger charge is 2.04. The van der Waals surface area contributed by atoms with E-state index >= 15 is 0 Å². The molecule has 3 rings (SSSR count). The number of benzene rings is 2. The molecule has 3 aromatic rings. The second-order valence-electron chi connectivity index (χ2n) is 5.77. The first-order valence-electron chi connectivity index (χ1n) is 8.30. The molecule has 25 heavy (non-hydrogen) atoms. The summed E-state index contributed by atoms with van der Waals surface area (Å²) in [6.45, 7) is 4.86. The van der Waals surface area contributed by atoms with Crippen LogP contribution < -0.4 is 10.6 Å². The summed E-state index contributed by atoms with van der Waals surface area (Å²) in [5.74, 6) is 0. The highest BCUT2D eigenvalue weighted by Crippen LogP contribution is 2.21. The minimum atomic E-state index is 0.639. The van der Waals surface area contributed by atoms with Crippen LogP contribution in [0, 0.1) is 6.92 Å². The highest BCUT2D eigenvalue weighted by atomic mass is 32.1. The number of anilines is 1. The van der Waals surface area contributed by atoms with Gasteiger partial charge in [-0.15, -0.1) is 11.3 Å². The Labute approximate surface area is 158 Å². The van der Waals surface area contributed by atoms with E-state index in [0.29, 0.717) is 11.7 Å². The van der Waals surface area contributed by atoms with Crippen LogP contribution in [0.25, 0.3) is 11.3 Å². The van der Waals surface area contributed by atoms with Gasteiger partial charge in [0.1, 0.15) is 0 Å². The van der Waals surface area contributed by atoms with Gasteiger partial charge in [-0.25, -0.2) is 4.98 Å². The van der Waals surface area contributed by atoms with Crippen LogP contribution in [0.1, 0.15) is 23.1 Å². The van der Waals surface area contributed by atoms with Crippen LogP contribution in [0.2, 0.25) is 0 Å². The normalized spacial score (nSPS) is 10.5. The van der Waals surface area contributed by atoms with Gasteiger partial charge in [0.2, 0.25) is 0 Å². The lowest BCUT2D eigenvalue weighted by molar-refractivity contribution is 0.925. The van der Waals surface area contributed by atoms with Gasteiger partial charge < -0.3 is 10.6 Å². The van der Waals surface area contributed by atoms with E-state index < -0.39 is 0 Å². The minimum Gasteiger partial charge on any atom is -0.358 e. The Hall–Kier alpha value is -2.24. The van der Waals surface area contributed by atoms with Crippen molar-refractivity contribution in [3.63, 3.8) is 0 Å². The molecular weight excluding hydrogens is 346 g/mol. The molecule has 5 heteroatoms. The molecule has 0 aliphatic carbocycles. The van der Waals surface area contributed by atoms with E-state index in [1.807, 2.05) is 19.1 Å². The van der Waals surface area contributed by atoms with Crippen molar-refractivity contribution in [3.8, 4) is 11.3 Å². The Morgan fingerprint density at radius 2 is 1.88 bits per heavy atom. The van der Waals surface area contributed by atoms with Crippen LogP contribution in [0.4, 0.5) is 5.69 Å². The number of rotatable bonds is 5.